The van der Waals surface area contributed by atoms with Gasteiger partial charge in [0.15, 0.2) is 0 Å². The predicted octanol–water partition coefficient (Wildman–Crippen LogP) is 6.30. The normalized spacial score (nSPS) is 15.4. The third-order valence-electron chi connectivity index (χ3n) is 5.23. The molecule has 5 nitrogen and oxygen atoms in total. The fourth-order valence-electron chi connectivity index (χ4n) is 3.30. The third-order valence-corrected chi connectivity index (χ3v) is 5.23. The minimum atomic E-state index is -4.63. The van der Waals surface area contributed by atoms with Crippen molar-refractivity contribution < 1.29 is 32.2 Å². The first-order chi connectivity index (χ1) is 15.2. The number of carboxylic acid groups (broad SMARTS) is 1. The van der Waals surface area contributed by atoms with Crippen LogP contribution in [0.4, 0.5) is 23.2 Å². The van der Waals surface area contributed by atoms with Crippen molar-refractivity contribution in [1.29, 1.82) is 0 Å². The lowest BCUT2D eigenvalue weighted by Gasteiger charge is -2.25. The van der Waals surface area contributed by atoms with Crippen LogP contribution in [0.25, 0.3) is 0 Å². The van der Waals surface area contributed by atoms with Crippen LogP contribution in [-0.2, 0) is 4.79 Å². The Hall–Kier alpha value is -2.03. The zero-order valence-electron chi connectivity index (χ0n) is 18.8. The minimum absolute atomic E-state index is 0.0856. The number of ether oxygens (including phenoxy) is 1. The van der Waals surface area contributed by atoms with Gasteiger partial charge in [0.25, 0.3) is 0 Å². The second-order valence-electron chi connectivity index (χ2n) is 7.99. The van der Waals surface area contributed by atoms with E-state index in [-0.39, 0.29) is 18.6 Å². The Morgan fingerprint density at radius 1 is 1.03 bits per heavy atom. The lowest BCUT2D eigenvalue weighted by molar-refractivity contribution is -0.274. The molecule has 1 fully saturated rings. The Morgan fingerprint density at radius 2 is 1.56 bits per heavy atom. The molecule has 2 rings (SSSR count). The van der Waals surface area contributed by atoms with Gasteiger partial charge in [-0.25, -0.2) is 9.18 Å². The van der Waals surface area contributed by atoms with Crippen LogP contribution in [-0.4, -0.2) is 42.7 Å². The van der Waals surface area contributed by atoms with Crippen molar-refractivity contribution in [2.75, 3.05) is 25.0 Å². The summed E-state index contributed by atoms with van der Waals surface area (Å²) in [6.07, 6.45) is 5.61. The van der Waals surface area contributed by atoms with Gasteiger partial charge >= 0.3 is 12.3 Å². The number of halogens is 4. The average molecular weight is 465 g/mol. The number of rotatable bonds is 12. The number of nitrogens with one attached hydrogen (secondary N) is 2. The first-order valence-corrected chi connectivity index (χ1v) is 11.4. The van der Waals surface area contributed by atoms with Crippen LogP contribution >= 0.6 is 0 Å². The van der Waals surface area contributed by atoms with Gasteiger partial charge in [-0.15, -0.1) is 13.2 Å². The van der Waals surface area contributed by atoms with E-state index in [1.807, 2.05) is 0 Å². The number of hydrogen-bond acceptors (Lipinski definition) is 4. The van der Waals surface area contributed by atoms with Gasteiger partial charge in [0, 0.05) is 25.1 Å². The first kappa shape index (κ1) is 28.0. The van der Waals surface area contributed by atoms with Crippen LogP contribution in [0, 0.1) is 0 Å². The zero-order valence-corrected chi connectivity index (χ0v) is 18.8. The van der Waals surface area contributed by atoms with Crippen molar-refractivity contribution in [1.82, 2.24) is 5.32 Å². The summed E-state index contributed by atoms with van der Waals surface area (Å²) in [7, 11) is 0. The summed E-state index contributed by atoms with van der Waals surface area (Å²) in [5.41, 5.74) is -1.15. The van der Waals surface area contributed by atoms with Gasteiger partial charge in [-0.2, -0.15) is 0 Å². The summed E-state index contributed by atoms with van der Waals surface area (Å²) >= 11 is 0. The molecule has 1 heterocycles. The molecule has 1 aromatic carbocycles. The first-order valence-electron chi connectivity index (χ1n) is 11.4. The van der Waals surface area contributed by atoms with Crippen LogP contribution < -0.4 is 15.4 Å². The van der Waals surface area contributed by atoms with E-state index in [9.17, 15) is 22.4 Å². The topological polar surface area (TPSA) is 70.6 Å². The van der Waals surface area contributed by atoms with Gasteiger partial charge in [-0.1, -0.05) is 51.9 Å². The van der Waals surface area contributed by atoms with E-state index >= 15 is 0 Å². The van der Waals surface area contributed by atoms with E-state index in [4.69, 9.17) is 5.11 Å². The SMILES string of the molecule is CCCCCCCCCCNc1ccc(OC(F)(F)F)cc1.O=C(O)C1(F)CCNCC1. The molecule has 0 aromatic heterocycles. The highest BCUT2D eigenvalue weighted by molar-refractivity contribution is 5.77. The molecule has 1 aliphatic rings. The molecule has 0 bridgehead atoms. The zero-order chi connectivity index (χ0) is 23.9. The third kappa shape index (κ3) is 12.7. The fourth-order valence-corrected chi connectivity index (χ4v) is 3.30. The number of carbonyl (C=O) groups is 1. The van der Waals surface area contributed by atoms with Gasteiger partial charge in [0.05, 0.1) is 0 Å². The van der Waals surface area contributed by atoms with Crippen molar-refractivity contribution in [3.05, 3.63) is 24.3 Å². The molecule has 0 amide bonds. The summed E-state index contributed by atoms with van der Waals surface area (Å²) in [4.78, 5) is 10.3. The maximum atomic E-state index is 13.1. The smallest absolute Gasteiger partial charge is 0.479 e. The molecule has 0 radical (unpaired) electrons. The fraction of sp³-hybridized carbons (Fsp3) is 0.696. The molecule has 0 unspecified atom stereocenters. The molecule has 0 spiro atoms. The molecule has 184 valence electrons. The highest BCUT2D eigenvalue weighted by Crippen LogP contribution is 2.24. The number of aliphatic carboxylic acids is 1. The second-order valence-corrected chi connectivity index (χ2v) is 7.99. The maximum absolute atomic E-state index is 13.1. The standard InChI is InChI=1S/C17H26F3NO.C6H10FNO2/c1-2-3-4-5-6-7-8-9-14-21-15-10-12-16(13-11-15)22-17(18,19)20;7-6(5(9)10)1-3-8-4-2-6/h10-13,21H,2-9,14H2,1H3;8H,1-4H2,(H,9,10). The van der Waals surface area contributed by atoms with E-state index in [0.717, 1.165) is 18.7 Å². The Kier molecular flexibility index (Phi) is 13.1. The van der Waals surface area contributed by atoms with Gasteiger partial charge in [-0.3, -0.25) is 0 Å². The summed E-state index contributed by atoms with van der Waals surface area (Å²) in [6.45, 7) is 3.98. The number of benzene rings is 1. The van der Waals surface area contributed by atoms with Crippen molar-refractivity contribution in [2.45, 2.75) is 83.2 Å². The summed E-state index contributed by atoms with van der Waals surface area (Å²) in [5, 5.41) is 14.5. The minimum Gasteiger partial charge on any atom is -0.479 e. The summed E-state index contributed by atoms with van der Waals surface area (Å²) in [5.74, 6) is -1.51. The number of unbranched alkanes of at least 4 members (excludes halogenated alkanes) is 7. The molecule has 9 heteroatoms. The van der Waals surface area contributed by atoms with Crippen molar-refractivity contribution >= 4 is 11.7 Å². The van der Waals surface area contributed by atoms with Gasteiger partial charge in [-0.05, 0) is 43.8 Å². The van der Waals surface area contributed by atoms with Crippen molar-refractivity contribution in [2.24, 2.45) is 0 Å². The van der Waals surface area contributed by atoms with Gasteiger partial charge in [0.1, 0.15) is 5.75 Å². The molecule has 0 aliphatic carbocycles. The van der Waals surface area contributed by atoms with Crippen LogP contribution in [0.5, 0.6) is 5.75 Å². The van der Waals surface area contributed by atoms with Crippen molar-refractivity contribution in [3.63, 3.8) is 0 Å². The lowest BCUT2D eigenvalue weighted by atomic mass is 9.95. The van der Waals surface area contributed by atoms with E-state index in [1.54, 1.807) is 12.1 Å². The van der Waals surface area contributed by atoms with E-state index < -0.39 is 18.0 Å². The number of piperidine rings is 1. The molecule has 32 heavy (non-hydrogen) atoms. The molecule has 0 saturated carbocycles. The quantitative estimate of drug-likeness (QED) is 0.250. The van der Waals surface area contributed by atoms with Crippen LogP contribution in [0.15, 0.2) is 24.3 Å². The van der Waals surface area contributed by atoms with E-state index in [0.29, 0.717) is 13.1 Å². The second kappa shape index (κ2) is 14.9. The monoisotopic (exact) mass is 464 g/mol. The molecular weight excluding hydrogens is 428 g/mol. The molecule has 0 atom stereocenters. The Morgan fingerprint density at radius 3 is 2.03 bits per heavy atom. The van der Waals surface area contributed by atoms with Crippen LogP contribution in [0.3, 0.4) is 0 Å². The van der Waals surface area contributed by atoms with E-state index in [1.165, 1.54) is 57.1 Å². The highest BCUT2D eigenvalue weighted by Gasteiger charge is 2.39. The maximum Gasteiger partial charge on any atom is 0.573 e. The van der Waals surface area contributed by atoms with Crippen LogP contribution in [0.1, 0.15) is 71.1 Å². The molecule has 3 N–H and O–H groups in total. The Balaban J connectivity index is 0.000000425. The summed E-state index contributed by atoms with van der Waals surface area (Å²) in [6, 6.07) is 5.85. The average Bonchev–Trinajstić information content (AvgIpc) is 2.73. The van der Waals surface area contributed by atoms with Gasteiger partial charge < -0.3 is 20.5 Å². The molecule has 1 aliphatic heterocycles. The Labute approximate surface area is 187 Å². The Bertz CT molecular complexity index is 633. The lowest BCUT2D eigenvalue weighted by Crippen LogP contribution is -2.44. The number of alkyl halides is 4. The van der Waals surface area contributed by atoms with Crippen LogP contribution in [0.2, 0.25) is 0 Å². The number of hydrogen-bond donors (Lipinski definition) is 3. The summed E-state index contributed by atoms with van der Waals surface area (Å²) < 4.78 is 53.0. The molecule has 1 aromatic rings. The van der Waals surface area contributed by atoms with E-state index in [2.05, 4.69) is 22.3 Å². The number of anilines is 1. The van der Waals surface area contributed by atoms with Crippen molar-refractivity contribution in [3.8, 4) is 5.75 Å². The largest absolute Gasteiger partial charge is 0.573 e. The predicted molar refractivity (Wildman–Crippen MR) is 118 cm³/mol. The number of carboxylic acids is 1. The molecule has 1 saturated heterocycles. The highest BCUT2D eigenvalue weighted by atomic mass is 19.4. The van der Waals surface area contributed by atoms with Gasteiger partial charge in [0.2, 0.25) is 5.67 Å². The molecular formula is C23H36F4N2O3.